The number of benzene rings is 1. The predicted octanol–water partition coefficient (Wildman–Crippen LogP) is 1.97. The van der Waals surface area contributed by atoms with Gasteiger partial charge in [-0.15, -0.1) is 5.10 Å². The molecular formula is C12H13F3N4. The third-order valence-corrected chi connectivity index (χ3v) is 2.65. The lowest BCUT2D eigenvalue weighted by Gasteiger charge is -2.03. The minimum Gasteiger partial charge on any atom is -0.330 e. The van der Waals surface area contributed by atoms with Crippen molar-refractivity contribution in [2.24, 2.45) is 5.73 Å². The third kappa shape index (κ3) is 3.11. The van der Waals surface area contributed by atoms with Gasteiger partial charge in [-0.1, -0.05) is 5.21 Å². The highest BCUT2D eigenvalue weighted by atomic mass is 19.2. The van der Waals surface area contributed by atoms with E-state index in [9.17, 15) is 13.2 Å². The summed E-state index contributed by atoms with van der Waals surface area (Å²) in [5, 5.41) is 7.50. The molecule has 0 aliphatic heterocycles. The first-order chi connectivity index (χ1) is 9.11. The van der Waals surface area contributed by atoms with Gasteiger partial charge in [0.25, 0.3) is 0 Å². The van der Waals surface area contributed by atoms with Crippen molar-refractivity contribution in [3.63, 3.8) is 0 Å². The molecule has 0 unspecified atom stereocenters. The van der Waals surface area contributed by atoms with Crippen LogP contribution in [0.25, 0.3) is 5.69 Å². The zero-order chi connectivity index (χ0) is 13.8. The first-order valence-electron chi connectivity index (χ1n) is 5.88. The molecule has 1 aromatic carbocycles. The number of hydrogen-bond acceptors (Lipinski definition) is 3. The van der Waals surface area contributed by atoms with Crippen LogP contribution in [0.2, 0.25) is 0 Å². The van der Waals surface area contributed by atoms with Crippen LogP contribution in [0.15, 0.2) is 18.3 Å². The molecule has 7 heteroatoms. The van der Waals surface area contributed by atoms with Gasteiger partial charge >= 0.3 is 0 Å². The molecule has 2 aromatic rings. The minimum atomic E-state index is -1.25. The molecule has 0 saturated carbocycles. The summed E-state index contributed by atoms with van der Waals surface area (Å²) in [5.74, 6) is -3.27. The van der Waals surface area contributed by atoms with Crippen LogP contribution in [0.5, 0.6) is 0 Å². The van der Waals surface area contributed by atoms with E-state index in [4.69, 9.17) is 5.73 Å². The van der Waals surface area contributed by atoms with E-state index >= 15 is 0 Å². The molecule has 19 heavy (non-hydrogen) atoms. The molecule has 0 fully saturated rings. The quantitative estimate of drug-likeness (QED) is 0.667. The Kier molecular flexibility index (Phi) is 4.16. The lowest BCUT2D eigenvalue weighted by atomic mass is 10.2. The Morgan fingerprint density at radius 3 is 2.68 bits per heavy atom. The summed E-state index contributed by atoms with van der Waals surface area (Å²) in [4.78, 5) is 0. The maximum atomic E-state index is 13.5. The highest BCUT2D eigenvalue weighted by Crippen LogP contribution is 2.18. The molecule has 0 saturated heterocycles. The fourth-order valence-corrected chi connectivity index (χ4v) is 1.69. The fraction of sp³-hybridized carbons (Fsp3) is 0.333. The second kappa shape index (κ2) is 5.83. The molecule has 102 valence electrons. The number of unbranched alkanes of at least 4 members (excludes halogenated alkanes) is 1. The summed E-state index contributed by atoms with van der Waals surface area (Å²) in [6, 6.07) is 1.36. The van der Waals surface area contributed by atoms with Gasteiger partial charge in [-0.3, -0.25) is 0 Å². The number of aryl methyl sites for hydroxylation is 1. The van der Waals surface area contributed by atoms with Crippen molar-refractivity contribution < 1.29 is 13.2 Å². The highest BCUT2D eigenvalue weighted by Gasteiger charge is 2.14. The van der Waals surface area contributed by atoms with E-state index in [2.05, 4.69) is 10.3 Å². The molecule has 0 spiro atoms. The van der Waals surface area contributed by atoms with Crippen molar-refractivity contribution >= 4 is 0 Å². The summed E-state index contributed by atoms with van der Waals surface area (Å²) in [5.41, 5.74) is 5.69. The lowest BCUT2D eigenvalue weighted by Crippen LogP contribution is -2.02. The predicted molar refractivity (Wildman–Crippen MR) is 63.2 cm³/mol. The van der Waals surface area contributed by atoms with Crippen LogP contribution in [-0.2, 0) is 6.42 Å². The molecule has 0 aliphatic rings. The second-order valence-corrected chi connectivity index (χ2v) is 4.12. The van der Waals surface area contributed by atoms with Crippen molar-refractivity contribution in [1.29, 1.82) is 0 Å². The second-order valence-electron chi connectivity index (χ2n) is 4.12. The standard InChI is InChI=1S/C12H13F3N4/c13-8-5-10(14)12(15)11(6-8)19-7-9(17-18-19)3-1-2-4-16/h5-7H,1-4,16H2. The molecule has 0 atom stereocenters. The van der Waals surface area contributed by atoms with E-state index in [0.717, 1.165) is 23.6 Å². The topological polar surface area (TPSA) is 56.7 Å². The van der Waals surface area contributed by atoms with Crippen molar-refractivity contribution in [1.82, 2.24) is 15.0 Å². The van der Waals surface area contributed by atoms with Crippen molar-refractivity contribution in [2.75, 3.05) is 6.54 Å². The Morgan fingerprint density at radius 2 is 1.95 bits per heavy atom. The van der Waals surface area contributed by atoms with Crippen LogP contribution in [0.1, 0.15) is 18.5 Å². The van der Waals surface area contributed by atoms with Crippen molar-refractivity contribution in [3.8, 4) is 5.69 Å². The van der Waals surface area contributed by atoms with Crippen LogP contribution in [0.4, 0.5) is 13.2 Å². The van der Waals surface area contributed by atoms with Gasteiger partial charge in [-0.2, -0.15) is 0 Å². The largest absolute Gasteiger partial charge is 0.330 e. The molecule has 2 rings (SSSR count). The molecule has 0 bridgehead atoms. The first kappa shape index (κ1) is 13.5. The number of rotatable bonds is 5. The fourth-order valence-electron chi connectivity index (χ4n) is 1.69. The monoisotopic (exact) mass is 270 g/mol. The molecule has 2 N–H and O–H groups in total. The van der Waals surface area contributed by atoms with Gasteiger partial charge in [-0.25, -0.2) is 17.9 Å². The Morgan fingerprint density at radius 1 is 1.16 bits per heavy atom. The van der Waals surface area contributed by atoms with Gasteiger partial charge in [0.2, 0.25) is 0 Å². The van der Waals surface area contributed by atoms with Gasteiger partial charge in [0.15, 0.2) is 11.6 Å². The zero-order valence-electron chi connectivity index (χ0n) is 10.1. The summed E-state index contributed by atoms with van der Waals surface area (Å²) >= 11 is 0. The number of hydrogen-bond donors (Lipinski definition) is 1. The van der Waals surface area contributed by atoms with Gasteiger partial charge < -0.3 is 5.73 Å². The summed E-state index contributed by atoms with van der Waals surface area (Å²) < 4.78 is 40.7. The maximum Gasteiger partial charge on any atom is 0.184 e. The van der Waals surface area contributed by atoms with Crippen LogP contribution in [-0.4, -0.2) is 21.5 Å². The van der Waals surface area contributed by atoms with Crippen LogP contribution < -0.4 is 5.73 Å². The van der Waals surface area contributed by atoms with Crippen LogP contribution >= 0.6 is 0 Å². The molecule has 0 amide bonds. The number of nitrogens with zero attached hydrogens (tertiary/aromatic N) is 3. The van der Waals surface area contributed by atoms with Crippen molar-refractivity contribution in [2.45, 2.75) is 19.3 Å². The first-order valence-corrected chi connectivity index (χ1v) is 5.88. The van der Waals surface area contributed by atoms with Gasteiger partial charge in [-0.05, 0) is 25.8 Å². The Hall–Kier alpha value is -1.89. The summed E-state index contributed by atoms with van der Waals surface area (Å²) in [6.45, 7) is 0.581. The minimum absolute atomic E-state index is 0.296. The van der Waals surface area contributed by atoms with E-state index < -0.39 is 17.5 Å². The molecule has 1 heterocycles. The number of halogens is 3. The van der Waals surface area contributed by atoms with Gasteiger partial charge in [0, 0.05) is 12.1 Å². The Bertz CT molecular complexity index is 568. The lowest BCUT2D eigenvalue weighted by molar-refractivity contribution is 0.487. The van der Waals surface area contributed by atoms with E-state index in [1.165, 1.54) is 6.20 Å². The summed E-state index contributed by atoms with van der Waals surface area (Å²) in [7, 11) is 0. The SMILES string of the molecule is NCCCCc1cn(-c2cc(F)cc(F)c2F)nn1. The van der Waals surface area contributed by atoms with Gasteiger partial charge in [0.1, 0.15) is 11.5 Å². The number of aromatic nitrogens is 3. The van der Waals surface area contributed by atoms with Crippen LogP contribution in [0.3, 0.4) is 0 Å². The van der Waals surface area contributed by atoms with Crippen molar-refractivity contribution in [3.05, 3.63) is 41.5 Å². The average molecular weight is 270 g/mol. The van der Waals surface area contributed by atoms with E-state index in [1.807, 2.05) is 0 Å². The van der Waals surface area contributed by atoms with Crippen LogP contribution in [0, 0.1) is 17.5 Å². The average Bonchev–Trinajstić information content (AvgIpc) is 2.83. The van der Waals surface area contributed by atoms with Gasteiger partial charge in [0.05, 0.1) is 11.9 Å². The third-order valence-electron chi connectivity index (χ3n) is 2.65. The molecule has 1 aromatic heterocycles. The molecule has 0 radical (unpaired) electrons. The molecular weight excluding hydrogens is 257 g/mol. The summed E-state index contributed by atoms with van der Waals surface area (Å²) in [6.07, 6.45) is 3.76. The van der Waals surface area contributed by atoms with E-state index in [1.54, 1.807) is 0 Å². The Balaban J connectivity index is 2.23. The Labute approximate surface area is 108 Å². The smallest absolute Gasteiger partial charge is 0.184 e. The normalized spacial score (nSPS) is 10.9. The number of nitrogens with two attached hydrogens (primary N) is 1. The highest BCUT2D eigenvalue weighted by molar-refractivity contribution is 5.34. The molecule has 4 nitrogen and oxygen atoms in total. The molecule has 0 aliphatic carbocycles. The zero-order valence-corrected chi connectivity index (χ0v) is 10.1. The maximum absolute atomic E-state index is 13.5. The van der Waals surface area contributed by atoms with E-state index in [0.29, 0.717) is 24.7 Å². The van der Waals surface area contributed by atoms with E-state index in [-0.39, 0.29) is 5.69 Å².